The largest absolute Gasteiger partial charge is 0.403 e. The molecule has 2 aromatic carbocycles. The summed E-state index contributed by atoms with van der Waals surface area (Å²) in [6.45, 7) is 23.2. The number of rotatable bonds is 4. The third-order valence-corrected chi connectivity index (χ3v) is 11.9. The van der Waals surface area contributed by atoms with Crippen LogP contribution < -0.4 is 10.4 Å². The number of ether oxygens (including phenoxy) is 1. The van der Waals surface area contributed by atoms with Crippen molar-refractivity contribution < 1.29 is 9.16 Å². The van der Waals surface area contributed by atoms with Gasteiger partial charge in [0.1, 0.15) is 0 Å². The molecule has 2 nitrogen and oxygen atoms in total. The van der Waals surface area contributed by atoms with Gasteiger partial charge in [0.25, 0.3) is 8.32 Å². The highest BCUT2D eigenvalue weighted by molar-refractivity contribution is 6.99. The van der Waals surface area contributed by atoms with E-state index in [0.717, 1.165) is 0 Å². The number of hydrogen-bond acceptors (Lipinski definition) is 2. The average molecular weight is 425 g/mol. The first-order valence-corrected chi connectivity index (χ1v) is 13.4. The Kier molecular flexibility index (Phi) is 6.67. The molecule has 0 saturated carbocycles. The van der Waals surface area contributed by atoms with E-state index in [1.807, 2.05) is 0 Å². The Balaban J connectivity index is 2.39. The first-order chi connectivity index (χ1) is 14.0. The van der Waals surface area contributed by atoms with Crippen LogP contribution in [-0.4, -0.2) is 26.8 Å². The minimum absolute atomic E-state index is 0.0823. The van der Waals surface area contributed by atoms with Crippen LogP contribution in [0.15, 0.2) is 24.3 Å². The van der Waals surface area contributed by atoms with Crippen molar-refractivity contribution in [2.24, 2.45) is 11.8 Å². The Labute approximate surface area is 185 Å². The van der Waals surface area contributed by atoms with Gasteiger partial charge >= 0.3 is 0 Å². The Bertz CT molecular complexity index is 825. The summed E-state index contributed by atoms with van der Waals surface area (Å²) in [5.41, 5.74) is 8.08. The van der Waals surface area contributed by atoms with Crippen LogP contribution in [0.3, 0.4) is 0 Å². The van der Waals surface area contributed by atoms with Gasteiger partial charge in [-0.15, -0.1) is 0 Å². The molecule has 0 unspecified atom stereocenters. The molecule has 0 amide bonds. The fraction of sp³-hybridized carbons (Fsp3) is 0.556. The van der Waals surface area contributed by atoms with Crippen molar-refractivity contribution in [2.75, 3.05) is 6.61 Å². The van der Waals surface area contributed by atoms with E-state index in [-0.39, 0.29) is 11.8 Å². The van der Waals surface area contributed by atoms with Gasteiger partial charge in [-0.25, -0.2) is 0 Å². The van der Waals surface area contributed by atoms with Crippen LogP contribution in [0.1, 0.15) is 61.1 Å². The molecule has 164 valence electrons. The molecule has 30 heavy (non-hydrogen) atoms. The van der Waals surface area contributed by atoms with E-state index in [9.17, 15) is 0 Å². The average Bonchev–Trinajstić information content (AvgIpc) is 2.59. The van der Waals surface area contributed by atoms with Gasteiger partial charge in [-0.3, -0.25) is 0 Å². The van der Waals surface area contributed by atoms with Crippen LogP contribution in [0.2, 0.25) is 0 Å². The highest BCUT2D eigenvalue weighted by atomic mass is 28.4. The Morgan fingerprint density at radius 1 is 0.700 bits per heavy atom. The van der Waals surface area contributed by atoms with E-state index >= 15 is 0 Å². The van der Waals surface area contributed by atoms with Crippen molar-refractivity contribution in [2.45, 2.75) is 81.1 Å². The van der Waals surface area contributed by atoms with Gasteiger partial charge in [0, 0.05) is 0 Å². The van der Waals surface area contributed by atoms with E-state index in [2.05, 4.69) is 93.5 Å². The number of hydrogen-bond donors (Lipinski definition) is 0. The van der Waals surface area contributed by atoms with Crippen LogP contribution in [0.5, 0.6) is 0 Å². The second kappa shape index (κ2) is 8.61. The highest BCUT2D eigenvalue weighted by Crippen LogP contribution is 2.33. The van der Waals surface area contributed by atoms with Crippen LogP contribution in [-0.2, 0) is 9.16 Å². The molecule has 1 aliphatic heterocycles. The first-order valence-electron chi connectivity index (χ1n) is 11.4. The minimum atomic E-state index is -2.66. The van der Waals surface area contributed by atoms with Gasteiger partial charge in [-0.05, 0) is 86.0 Å². The summed E-state index contributed by atoms with van der Waals surface area (Å²) in [7, 11) is -2.66. The maximum Gasteiger partial charge on any atom is 0.286 e. The molecule has 1 fully saturated rings. The molecule has 3 rings (SSSR count). The SMILES string of the molecule is Cc1cc(C)c([Si]2(c3c(C)cc(C)cc3C)OC[C@H](C(C)C)O[C@@H]2C(C)C)c(C)c1. The molecule has 1 aliphatic rings. The quantitative estimate of drug-likeness (QED) is 0.626. The van der Waals surface area contributed by atoms with Gasteiger partial charge in [-0.2, -0.15) is 0 Å². The molecule has 0 aliphatic carbocycles. The highest BCUT2D eigenvalue weighted by Gasteiger charge is 2.56. The van der Waals surface area contributed by atoms with Gasteiger partial charge in [0.15, 0.2) is 0 Å². The summed E-state index contributed by atoms with van der Waals surface area (Å²) in [6, 6.07) is 9.30. The van der Waals surface area contributed by atoms with Crippen LogP contribution in [0.25, 0.3) is 0 Å². The third kappa shape index (κ3) is 3.92. The van der Waals surface area contributed by atoms with Gasteiger partial charge < -0.3 is 9.16 Å². The predicted molar refractivity (Wildman–Crippen MR) is 131 cm³/mol. The van der Waals surface area contributed by atoms with Crippen molar-refractivity contribution >= 4 is 18.7 Å². The topological polar surface area (TPSA) is 18.5 Å². The molecule has 2 aromatic rings. The molecule has 1 saturated heterocycles. The first kappa shape index (κ1) is 23.2. The Morgan fingerprint density at radius 3 is 1.43 bits per heavy atom. The van der Waals surface area contributed by atoms with Crippen molar-refractivity contribution in [3.8, 4) is 0 Å². The van der Waals surface area contributed by atoms with Crippen molar-refractivity contribution in [3.05, 3.63) is 57.6 Å². The molecular formula is C27H40O2Si. The van der Waals surface area contributed by atoms with Gasteiger partial charge in [-0.1, -0.05) is 63.1 Å². The molecule has 0 aromatic heterocycles. The van der Waals surface area contributed by atoms with E-state index in [0.29, 0.717) is 18.4 Å². The Morgan fingerprint density at radius 2 is 1.10 bits per heavy atom. The number of aryl methyl sites for hydroxylation is 6. The van der Waals surface area contributed by atoms with Crippen LogP contribution >= 0.6 is 0 Å². The zero-order chi connectivity index (χ0) is 22.4. The predicted octanol–water partition coefficient (Wildman–Crippen LogP) is 5.23. The lowest BCUT2D eigenvalue weighted by Crippen LogP contribution is -2.76. The summed E-state index contributed by atoms with van der Waals surface area (Å²) >= 11 is 0. The zero-order valence-corrected chi connectivity index (χ0v) is 21.6. The van der Waals surface area contributed by atoms with E-state index < -0.39 is 8.32 Å². The van der Waals surface area contributed by atoms with Crippen molar-refractivity contribution in [3.63, 3.8) is 0 Å². The summed E-state index contributed by atoms with van der Waals surface area (Å²) in [4.78, 5) is 0. The lowest BCUT2D eigenvalue weighted by molar-refractivity contribution is -0.0790. The second-order valence-electron chi connectivity index (χ2n) is 10.2. The normalized spacial score (nSPS) is 21.5. The van der Waals surface area contributed by atoms with Gasteiger partial charge in [0.2, 0.25) is 0 Å². The lowest BCUT2D eigenvalue weighted by Gasteiger charge is -2.49. The lowest BCUT2D eigenvalue weighted by atomic mass is 10.1. The molecule has 2 atom stereocenters. The Hall–Kier alpha value is -1.42. The van der Waals surface area contributed by atoms with Crippen molar-refractivity contribution in [1.82, 2.24) is 0 Å². The third-order valence-electron chi connectivity index (χ3n) is 6.64. The summed E-state index contributed by atoms with van der Waals surface area (Å²) < 4.78 is 14.2. The van der Waals surface area contributed by atoms with Crippen LogP contribution in [0.4, 0.5) is 0 Å². The molecule has 1 heterocycles. The maximum atomic E-state index is 7.20. The molecule has 0 bridgehead atoms. The fourth-order valence-electron chi connectivity index (χ4n) is 5.68. The fourth-order valence-corrected chi connectivity index (χ4v) is 11.3. The van der Waals surface area contributed by atoms with Crippen LogP contribution in [0, 0.1) is 53.4 Å². The second-order valence-corrected chi connectivity index (χ2v) is 13.5. The molecule has 0 radical (unpaired) electrons. The maximum absolute atomic E-state index is 7.20. The molecule has 0 N–H and O–H groups in total. The summed E-state index contributed by atoms with van der Waals surface area (Å²) in [6.07, 6.45) is 0.148. The minimum Gasteiger partial charge on any atom is -0.403 e. The van der Waals surface area contributed by atoms with Crippen molar-refractivity contribution in [1.29, 1.82) is 0 Å². The smallest absolute Gasteiger partial charge is 0.286 e. The van der Waals surface area contributed by atoms with E-state index in [1.54, 1.807) is 0 Å². The molecule has 3 heteroatoms. The molecule has 0 spiro atoms. The standard InChI is InChI=1S/C27H40O2Si/c1-16(2)24-15-28-30(27(29-24)17(3)4,25-20(7)11-18(5)12-21(25)8)26-22(9)13-19(6)14-23(26)10/h11-14,16-17,24,27H,15H2,1-10H3/t24-,27+/m1/s1. The monoisotopic (exact) mass is 424 g/mol. The van der Waals surface area contributed by atoms with E-state index in [4.69, 9.17) is 9.16 Å². The number of benzene rings is 2. The zero-order valence-electron chi connectivity index (χ0n) is 20.6. The molecular weight excluding hydrogens is 384 g/mol. The van der Waals surface area contributed by atoms with Gasteiger partial charge in [0.05, 0.1) is 18.4 Å². The summed E-state index contributed by atoms with van der Waals surface area (Å²) in [5.74, 6) is 0.817. The summed E-state index contributed by atoms with van der Waals surface area (Å²) in [5, 5.41) is 2.84. The van der Waals surface area contributed by atoms with E-state index in [1.165, 1.54) is 43.8 Å².